The third kappa shape index (κ3) is 5.51. The molecule has 0 amide bonds. The van der Waals surface area contributed by atoms with Crippen LogP contribution in [-0.2, 0) is 22.6 Å². The molecule has 1 aromatic heterocycles. The Hall–Kier alpha value is -3.88. The summed E-state index contributed by atoms with van der Waals surface area (Å²) >= 11 is 12.2. The summed E-state index contributed by atoms with van der Waals surface area (Å²) in [5.41, 5.74) is 3.21. The van der Waals surface area contributed by atoms with E-state index in [9.17, 15) is 9.59 Å². The van der Waals surface area contributed by atoms with Crippen molar-refractivity contribution in [1.82, 2.24) is 14.3 Å². The van der Waals surface area contributed by atoms with Crippen LogP contribution in [-0.4, -0.2) is 39.2 Å². The predicted molar refractivity (Wildman–Crippen MR) is 148 cm³/mol. The van der Waals surface area contributed by atoms with Crippen LogP contribution in [0.2, 0.25) is 10.0 Å². The third-order valence-electron chi connectivity index (χ3n) is 6.23. The molecule has 5 rings (SSSR count). The standard InChI is InChI=1S/C28H25Cl2N5O3/c1-2-38-25(36)18-33-27(32-35(28(33)37)16-19-8-12-22(29)13-9-19)34-17-24(20-6-4-3-5-7-20)26(31-34)21-10-14-23(30)15-11-21/h3-15,24H,2,16-18H2,1H3. The van der Waals surface area contributed by atoms with E-state index >= 15 is 0 Å². The predicted octanol–water partition coefficient (Wildman–Crippen LogP) is 4.97. The molecule has 0 N–H and O–H groups in total. The van der Waals surface area contributed by atoms with Crippen molar-refractivity contribution >= 4 is 40.8 Å². The van der Waals surface area contributed by atoms with Gasteiger partial charge in [0.05, 0.1) is 25.4 Å². The molecule has 38 heavy (non-hydrogen) atoms. The Morgan fingerprint density at radius 2 is 1.63 bits per heavy atom. The SMILES string of the molecule is CCOC(=O)Cn1c(N2CC(c3ccccc3)C(c3ccc(Cl)cc3)=N2)nn(Cc2ccc(Cl)cc2)c1=O. The van der Waals surface area contributed by atoms with Gasteiger partial charge in [-0.1, -0.05) is 77.8 Å². The van der Waals surface area contributed by atoms with Crippen LogP contribution in [0.15, 0.2) is 88.8 Å². The maximum atomic E-state index is 13.4. The number of benzene rings is 3. The zero-order valence-corrected chi connectivity index (χ0v) is 22.1. The van der Waals surface area contributed by atoms with Gasteiger partial charge in [0.25, 0.3) is 0 Å². The van der Waals surface area contributed by atoms with Crippen LogP contribution in [0.25, 0.3) is 0 Å². The molecule has 0 saturated carbocycles. The minimum Gasteiger partial charge on any atom is -0.465 e. The molecule has 1 aliphatic rings. The molecule has 1 aliphatic heterocycles. The van der Waals surface area contributed by atoms with Gasteiger partial charge in [0.1, 0.15) is 6.54 Å². The Bertz CT molecular complexity index is 1510. The van der Waals surface area contributed by atoms with Crippen molar-refractivity contribution in [1.29, 1.82) is 0 Å². The van der Waals surface area contributed by atoms with Crippen molar-refractivity contribution in [2.75, 3.05) is 18.2 Å². The number of hydrogen-bond donors (Lipinski definition) is 0. The molecule has 2 heterocycles. The normalized spacial score (nSPS) is 15.0. The molecule has 10 heteroatoms. The molecule has 0 spiro atoms. The topological polar surface area (TPSA) is 81.7 Å². The highest BCUT2D eigenvalue weighted by Crippen LogP contribution is 2.31. The van der Waals surface area contributed by atoms with Crippen LogP contribution < -0.4 is 10.7 Å². The summed E-state index contributed by atoms with van der Waals surface area (Å²) in [6, 6.07) is 24.7. The second kappa shape index (κ2) is 11.2. The number of carbonyl (C=O) groups excluding carboxylic acids is 1. The lowest BCUT2D eigenvalue weighted by molar-refractivity contribution is -0.143. The fraction of sp³-hybridized carbons (Fsp3) is 0.214. The van der Waals surface area contributed by atoms with Gasteiger partial charge in [-0.25, -0.2) is 19.1 Å². The van der Waals surface area contributed by atoms with Crippen LogP contribution in [0.1, 0.15) is 29.5 Å². The van der Waals surface area contributed by atoms with Crippen LogP contribution >= 0.6 is 23.2 Å². The molecule has 4 aromatic rings. The molecular formula is C28H25Cl2N5O3. The van der Waals surface area contributed by atoms with Crippen molar-refractivity contribution in [3.63, 3.8) is 0 Å². The maximum Gasteiger partial charge on any atom is 0.348 e. The van der Waals surface area contributed by atoms with Gasteiger partial charge >= 0.3 is 11.7 Å². The third-order valence-corrected chi connectivity index (χ3v) is 6.73. The average molecular weight is 550 g/mol. The Morgan fingerprint density at radius 1 is 0.974 bits per heavy atom. The van der Waals surface area contributed by atoms with Crippen molar-refractivity contribution < 1.29 is 9.53 Å². The highest BCUT2D eigenvalue weighted by Gasteiger charge is 2.33. The molecule has 0 fully saturated rings. The second-order valence-electron chi connectivity index (χ2n) is 8.80. The highest BCUT2D eigenvalue weighted by atomic mass is 35.5. The minimum atomic E-state index is -0.525. The molecule has 0 aliphatic carbocycles. The summed E-state index contributed by atoms with van der Waals surface area (Å²) < 4.78 is 7.77. The van der Waals surface area contributed by atoms with Crippen LogP contribution in [0.3, 0.4) is 0 Å². The number of aromatic nitrogens is 3. The number of anilines is 1. The van der Waals surface area contributed by atoms with Crippen LogP contribution in [0, 0.1) is 0 Å². The summed E-state index contributed by atoms with van der Waals surface area (Å²) in [5, 5.41) is 12.4. The second-order valence-corrected chi connectivity index (χ2v) is 9.67. The first-order chi connectivity index (χ1) is 18.4. The fourth-order valence-corrected chi connectivity index (χ4v) is 4.67. The van der Waals surface area contributed by atoms with Crippen LogP contribution in [0.4, 0.5) is 5.95 Å². The van der Waals surface area contributed by atoms with E-state index in [0.717, 1.165) is 22.4 Å². The molecule has 3 aromatic carbocycles. The molecule has 1 unspecified atom stereocenters. The lowest BCUT2D eigenvalue weighted by Gasteiger charge is -2.16. The van der Waals surface area contributed by atoms with Gasteiger partial charge in [0.15, 0.2) is 0 Å². The molecule has 8 nitrogen and oxygen atoms in total. The van der Waals surface area contributed by atoms with Gasteiger partial charge in [-0.15, -0.1) is 5.10 Å². The smallest absolute Gasteiger partial charge is 0.348 e. The van der Waals surface area contributed by atoms with Crippen molar-refractivity contribution in [2.24, 2.45) is 5.10 Å². The highest BCUT2D eigenvalue weighted by molar-refractivity contribution is 6.31. The van der Waals surface area contributed by atoms with E-state index in [-0.39, 0.29) is 31.6 Å². The van der Waals surface area contributed by atoms with Gasteiger partial charge < -0.3 is 4.74 Å². The number of esters is 1. The molecule has 1 atom stereocenters. The molecule has 194 valence electrons. The summed E-state index contributed by atoms with van der Waals surface area (Å²) in [6.07, 6.45) is 0. The van der Waals surface area contributed by atoms with Crippen molar-refractivity contribution in [3.05, 3.63) is 116 Å². The van der Waals surface area contributed by atoms with Crippen LogP contribution in [0.5, 0.6) is 0 Å². The number of nitrogens with zero attached hydrogens (tertiary/aromatic N) is 5. The van der Waals surface area contributed by atoms with Gasteiger partial charge in [-0.05, 0) is 47.9 Å². The summed E-state index contributed by atoms with van der Waals surface area (Å²) in [6.45, 7) is 2.30. The van der Waals surface area contributed by atoms with Crippen molar-refractivity contribution in [3.8, 4) is 0 Å². The first-order valence-corrected chi connectivity index (χ1v) is 12.9. The molecule has 0 saturated heterocycles. The van der Waals surface area contributed by atoms with E-state index < -0.39 is 11.7 Å². The summed E-state index contributed by atoms with van der Waals surface area (Å²) in [5.74, 6) is -0.352. The van der Waals surface area contributed by atoms with E-state index in [1.54, 1.807) is 24.1 Å². The monoisotopic (exact) mass is 549 g/mol. The number of hydrogen-bond acceptors (Lipinski definition) is 6. The lowest BCUT2D eigenvalue weighted by atomic mass is 9.91. The first kappa shape index (κ1) is 25.8. The zero-order chi connectivity index (χ0) is 26.6. The van der Waals surface area contributed by atoms with Gasteiger partial charge in [-0.3, -0.25) is 4.79 Å². The number of ether oxygens (including phenoxy) is 1. The average Bonchev–Trinajstić information content (AvgIpc) is 3.49. The summed E-state index contributed by atoms with van der Waals surface area (Å²) in [4.78, 5) is 25.9. The lowest BCUT2D eigenvalue weighted by Crippen LogP contribution is -2.30. The van der Waals surface area contributed by atoms with Gasteiger partial charge in [-0.2, -0.15) is 5.10 Å². The zero-order valence-electron chi connectivity index (χ0n) is 20.6. The number of carbonyl (C=O) groups is 1. The quantitative estimate of drug-likeness (QED) is 0.290. The molecular weight excluding hydrogens is 525 g/mol. The largest absolute Gasteiger partial charge is 0.465 e. The Balaban J connectivity index is 1.57. The van der Waals surface area contributed by atoms with E-state index in [2.05, 4.69) is 5.10 Å². The number of halogens is 2. The maximum absolute atomic E-state index is 13.4. The van der Waals surface area contributed by atoms with Crippen molar-refractivity contribution in [2.45, 2.75) is 25.9 Å². The number of hydrazone groups is 1. The Morgan fingerprint density at radius 3 is 2.29 bits per heavy atom. The molecule has 0 bridgehead atoms. The first-order valence-electron chi connectivity index (χ1n) is 12.2. The Kier molecular flexibility index (Phi) is 7.62. The van der Waals surface area contributed by atoms with E-state index in [0.29, 0.717) is 16.6 Å². The molecule has 0 radical (unpaired) electrons. The number of rotatable bonds is 8. The van der Waals surface area contributed by atoms with E-state index in [1.807, 2.05) is 66.7 Å². The van der Waals surface area contributed by atoms with E-state index in [1.165, 1.54) is 9.25 Å². The van der Waals surface area contributed by atoms with Gasteiger partial charge in [0.2, 0.25) is 5.95 Å². The van der Waals surface area contributed by atoms with E-state index in [4.69, 9.17) is 33.0 Å². The Labute approximate surface area is 229 Å². The summed E-state index contributed by atoms with van der Waals surface area (Å²) in [7, 11) is 0. The minimum absolute atomic E-state index is 0.0927. The fourth-order valence-electron chi connectivity index (χ4n) is 4.41. The van der Waals surface area contributed by atoms with Gasteiger partial charge in [0, 0.05) is 16.0 Å².